The zero-order valence-corrected chi connectivity index (χ0v) is 14.5. The van der Waals surface area contributed by atoms with Gasteiger partial charge in [-0.05, 0) is 36.9 Å². The fourth-order valence-corrected chi connectivity index (χ4v) is 2.93. The van der Waals surface area contributed by atoms with Crippen LogP contribution in [0.25, 0.3) is 0 Å². The molecule has 0 bridgehead atoms. The van der Waals surface area contributed by atoms with Crippen LogP contribution in [0.1, 0.15) is 76.8 Å². The van der Waals surface area contributed by atoms with Crippen LogP contribution in [0.2, 0.25) is 0 Å². The van der Waals surface area contributed by atoms with Gasteiger partial charge in [-0.2, -0.15) is 0 Å². The van der Waals surface area contributed by atoms with Crippen LogP contribution in [0.3, 0.4) is 0 Å². The van der Waals surface area contributed by atoms with Gasteiger partial charge in [0.1, 0.15) is 0 Å². The van der Waals surface area contributed by atoms with Crippen LogP contribution < -0.4 is 5.32 Å². The number of hydrogen-bond acceptors (Lipinski definition) is 1. The Balaban J connectivity index is 2.31. The monoisotopic (exact) mass is 289 g/mol. The standard InChI is InChI=1S/C20H35N/c1-4-7-8-9-10-11-12-20(21-6-3)17-19-15-13-18(5-2)14-16-19/h13-16,20-21H,4-12,17H2,1-3H3. The molecule has 0 saturated heterocycles. The molecule has 0 aliphatic carbocycles. The molecule has 1 heteroatoms. The highest BCUT2D eigenvalue weighted by Crippen LogP contribution is 2.13. The molecule has 1 unspecified atom stereocenters. The van der Waals surface area contributed by atoms with E-state index < -0.39 is 0 Å². The second-order valence-electron chi connectivity index (χ2n) is 6.19. The molecule has 120 valence electrons. The molecular formula is C20H35N. The van der Waals surface area contributed by atoms with E-state index in [4.69, 9.17) is 0 Å². The van der Waals surface area contributed by atoms with Crippen molar-refractivity contribution in [1.82, 2.24) is 5.32 Å². The minimum Gasteiger partial charge on any atom is -0.314 e. The van der Waals surface area contributed by atoms with Crippen molar-refractivity contribution < 1.29 is 0 Å². The van der Waals surface area contributed by atoms with Crippen molar-refractivity contribution in [3.63, 3.8) is 0 Å². The van der Waals surface area contributed by atoms with Crippen molar-refractivity contribution >= 4 is 0 Å². The highest BCUT2D eigenvalue weighted by atomic mass is 14.9. The maximum atomic E-state index is 3.66. The Kier molecular flexibility index (Phi) is 10.2. The van der Waals surface area contributed by atoms with E-state index in [0.29, 0.717) is 6.04 Å². The Bertz CT molecular complexity index is 341. The topological polar surface area (TPSA) is 12.0 Å². The summed E-state index contributed by atoms with van der Waals surface area (Å²) in [5.41, 5.74) is 2.92. The summed E-state index contributed by atoms with van der Waals surface area (Å²) in [4.78, 5) is 0. The summed E-state index contributed by atoms with van der Waals surface area (Å²) in [5, 5.41) is 3.66. The fourth-order valence-electron chi connectivity index (χ4n) is 2.93. The van der Waals surface area contributed by atoms with E-state index in [-0.39, 0.29) is 0 Å². The van der Waals surface area contributed by atoms with E-state index in [1.807, 2.05) is 0 Å². The number of unbranched alkanes of at least 4 members (excludes halogenated alkanes) is 5. The number of nitrogens with one attached hydrogen (secondary N) is 1. The molecule has 1 nitrogen and oxygen atoms in total. The molecule has 0 aliphatic rings. The summed E-state index contributed by atoms with van der Waals surface area (Å²) in [6, 6.07) is 9.83. The van der Waals surface area contributed by atoms with Crippen molar-refractivity contribution in [2.45, 2.75) is 84.6 Å². The first-order valence-corrected chi connectivity index (χ1v) is 9.11. The van der Waals surface area contributed by atoms with Crippen LogP contribution >= 0.6 is 0 Å². The third-order valence-corrected chi connectivity index (χ3v) is 4.31. The van der Waals surface area contributed by atoms with Gasteiger partial charge in [0.2, 0.25) is 0 Å². The molecule has 1 N–H and O–H groups in total. The van der Waals surface area contributed by atoms with E-state index >= 15 is 0 Å². The van der Waals surface area contributed by atoms with Gasteiger partial charge in [-0.3, -0.25) is 0 Å². The molecule has 0 amide bonds. The van der Waals surface area contributed by atoms with Crippen LogP contribution in [0.5, 0.6) is 0 Å². The summed E-state index contributed by atoms with van der Waals surface area (Å²) in [5.74, 6) is 0. The van der Waals surface area contributed by atoms with Gasteiger partial charge in [0.25, 0.3) is 0 Å². The Hall–Kier alpha value is -0.820. The van der Waals surface area contributed by atoms with Crippen LogP contribution in [-0.2, 0) is 12.8 Å². The average Bonchev–Trinajstić information content (AvgIpc) is 2.51. The molecule has 1 aromatic carbocycles. The Morgan fingerprint density at radius 2 is 1.43 bits per heavy atom. The first kappa shape index (κ1) is 18.2. The van der Waals surface area contributed by atoms with Crippen LogP contribution in [0, 0.1) is 0 Å². The van der Waals surface area contributed by atoms with Gasteiger partial charge >= 0.3 is 0 Å². The zero-order chi connectivity index (χ0) is 15.3. The zero-order valence-electron chi connectivity index (χ0n) is 14.5. The van der Waals surface area contributed by atoms with E-state index in [0.717, 1.165) is 13.0 Å². The lowest BCUT2D eigenvalue weighted by atomic mass is 9.98. The SMILES string of the molecule is CCCCCCCCC(Cc1ccc(CC)cc1)NCC. The van der Waals surface area contributed by atoms with Gasteiger partial charge in [-0.15, -0.1) is 0 Å². The van der Waals surface area contributed by atoms with Gasteiger partial charge in [0.15, 0.2) is 0 Å². The minimum absolute atomic E-state index is 0.647. The number of benzene rings is 1. The van der Waals surface area contributed by atoms with Gasteiger partial charge in [0.05, 0.1) is 0 Å². The maximum absolute atomic E-state index is 3.66. The normalized spacial score (nSPS) is 12.5. The quantitative estimate of drug-likeness (QED) is 0.500. The molecule has 0 aliphatic heterocycles. The van der Waals surface area contributed by atoms with Crippen molar-refractivity contribution in [2.24, 2.45) is 0 Å². The molecule has 0 saturated carbocycles. The third-order valence-electron chi connectivity index (χ3n) is 4.31. The second kappa shape index (κ2) is 11.8. The van der Waals surface area contributed by atoms with Crippen LogP contribution in [0.15, 0.2) is 24.3 Å². The molecular weight excluding hydrogens is 254 g/mol. The highest BCUT2D eigenvalue weighted by molar-refractivity contribution is 5.23. The van der Waals surface area contributed by atoms with Crippen molar-refractivity contribution in [3.05, 3.63) is 35.4 Å². The van der Waals surface area contributed by atoms with Gasteiger partial charge < -0.3 is 5.32 Å². The molecule has 0 spiro atoms. The Morgan fingerprint density at radius 1 is 0.810 bits per heavy atom. The summed E-state index contributed by atoms with van der Waals surface area (Å²) < 4.78 is 0. The number of hydrogen-bond donors (Lipinski definition) is 1. The Labute approximate surface area is 132 Å². The maximum Gasteiger partial charge on any atom is 0.0107 e. The predicted molar refractivity (Wildman–Crippen MR) is 95.0 cm³/mol. The average molecular weight is 290 g/mol. The van der Waals surface area contributed by atoms with E-state index in [1.54, 1.807) is 0 Å². The smallest absolute Gasteiger partial charge is 0.0107 e. The van der Waals surface area contributed by atoms with E-state index in [2.05, 4.69) is 50.4 Å². The first-order valence-electron chi connectivity index (χ1n) is 9.11. The van der Waals surface area contributed by atoms with Crippen molar-refractivity contribution in [1.29, 1.82) is 0 Å². The largest absolute Gasteiger partial charge is 0.314 e. The fraction of sp³-hybridized carbons (Fsp3) is 0.700. The van der Waals surface area contributed by atoms with Crippen molar-refractivity contribution in [2.75, 3.05) is 6.54 Å². The molecule has 0 aromatic heterocycles. The first-order chi connectivity index (χ1) is 10.3. The number of rotatable bonds is 12. The van der Waals surface area contributed by atoms with Gasteiger partial charge in [-0.25, -0.2) is 0 Å². The lowest BCUT2D eigenvalue weighted by Gasteiger charge is -2.18. The lowest BCUT2D eigenvalue weighted by Crippen LogP contribution is -2.30. The van der Waals surface area contributed by atoms with Crippen LogP contribution in [-0.4, -0.2) is 12.6 Å². The van der Waals surface area contributed by atoms with Crippen LogP contribution in [0.4, 0.5) is 0 Å². The number of aryl methyl sites for hydroxylation is 1. The van der Waals surface area contributed by atoms with E-state index in [9.17, 15) is 0 Å². The Morgan fingerprint density at radius 3 is 2.05 bits per heavy atom. The highest BCUT2D eigenvalue weighted by Gasteiger charge is 2.08. The summed E-state index contributed by atoms with van der Waals surface area (Å²) in [6.07, 6.45) is 12.0. The van der Waals surface area contributed by atoms with E-state index in [1.165, 1.54) is 62.5 Å². The summed E-state index contributed by atoms with van der Waals surface area (Å²) >= 11 is 0. The molecule has 0 heterocycles. The third kappa shape index (κ3) is 8.26. The molecule has 0 fully saturated rings. The number of likely N-dealkylation sites (N-methyl/N-ethyl adjacent to an activating group) is 1. The van der Waals surface area contributed by atoms with Gasteiger partial charge in [0, 0.05) is 6.04 Å². The molecule has 21 heavy (non-hydrogen) atoms. The molecule has 1 rings (SSSR count). The molecule has 1 atom stereocenters. The second-order valence-corrected chi connectivity index (χ2v) is 6.19. The van der Waals surface area contributed by atoms with Crippen molar-refractivity contribution in [3.8, 4) is 0 Å². The summed E-state index contributed by atoms with van der Waals surface area (Å²) in [7, 11) is 0. The lowest BCUT2D eigenvalue weighted by molar-refractivity contribution is 0.459. The molecule has 1 aromatic rings. The molecule has 0 radical (unpaired) electrons. The predicted octanol–water partition coefficient (Wildman–Crippen LogP) is 5.52. The minimum atomic E-state index is 0.647. The summed E-state index contributed by atoms with van der Waals surface area (Å²) in [6.45, 7) is 7.79. The van der Waals surface area contributed by atoms with Gasteiger partial charge in [-0.1, -0.05) is 83.6 Å².